The minimum absolute atomic E-state index is 0.0772. The predicted molar refractivity (Wildman–Crippen MR) is 95.9 cm³/mol. The molecule has 0 fully saturated rings. The van der Waals surface area contributed by atoms with E-state index in [1.807, 2.05) is 49.4 Å². The number of carbonyl (C=O) groups excluding carboxylic acids is 1. The van der Waals surface area contributed by atoms with Gasteiger partial charge < -0.3 is 15.0 Å². The Morgan fingerprint density at radius 3 is 2.96 bits per heavy atom. The summed E-state index contributed by atoms with van der Waals surface area (Å²) >= 11 is 0. The van der Waals surface area contributed by atoms with Crippen LogP contribution in [0.15, 0.2) is 55.0 Å². The van der Waals surface area contributed by atoms with E-state index in [9.17, 15) is 4.79 Å². The van der Waals surface area contributed by atoms with Gasteiger partial charge in [-0.2, -0.15) is 0 Å². The lowest BCUT2D eigenvalue weighted by molar-refractivity contribution is 0.0957. The standard InChI is InChI=1S/C19H16N4O2/c1-2-20-18(24)15-5-3-4-12-10-13(6-7-14(12)15)25-19-16-8-9-21-17(16)22-11-23-19/h3-11H,2H2,1H3,(H,20,24)(H,21,22,23). The Morgan fingerprint density at radius 2 is 2.08 bits per heavy atom. The molecule has 1 amide bonds. The van der Waals surface area contributed by atoms with Gasteiger partial charge in [-0.25, -0.2) is 9.97 Å². The molecule has 0 atom stereocenters. The second-order valence-corrected chi connectivity index (χ2v) is 5.57. The third kappa shape index (κ3) is 2.78. The van der Waals surface area contributed by atoms with E-state index < -0.39 is 0 Å². The van der Waals surface area contributed by atoms with E-state index in [1.165, 1.54) is 6.33 Å². The molecule has 6 nitrogen and oxygen atoms in total. The molecule has 2 aromatic heterocycles. The minimum Gasteiger partial charge on any atom is -0.438 e. The van der Waals surface area contributed by atoms with E-state index in [-0.39, 0.29) is 5.91 Å². The lowest BCUT2D eigenvalue weighted by Gasteiger charge is -2.09. The van der Waals surface area contributed by atoms with Crippen LogP contribution in [-0.2, 0) is 0 Å². The highest BCUT2D eigenvalue weighted by molar-refractivity contribution is 6.07. The van der Waals surface area contributed by atoms with Gasteiger partial charge in [-0.1, -0.05) is 12.1 Å². The number of ether oxygens (including phenoxy) is 1. The summed E-state index contributed by atoms with van der Waals surface area (Å²) in [5, 5.41) is 5.47. The molecule has 0 unspecified atom stereocenters. The number of rotatable bonds is 4. The molecule has 124 valence electrons. The van der Waals surface area contributed by atoms with E-state index in [0.29, 0.717) is 23.7 Å². The monoisotopic (exact) mass is 332 g/mol. The predicted octanol–water partition coefficient (Wildman–Crippen LogP) is 3.65. The van der Waals surface area contributed by atoms with Crippen LogP contribution in [0.25, 0.3) is 21.8 Å². The van der Waals surface area contributed by atoms with Crippen molar-refractivity contribution in [2.24, 2.45) is 0 Å². The Labute approximate surface area is 143 Å². The van der Waals surface area contributed by atoms with Crippen molar-refractivity contribution in [2.45, 2.75) is 6.92 Å². The first-order valence-corrected chi connectivity index (χ1v) is 8.03. The maximum absolute atomic E-state index is 12.2. The summed E-state index contributed by atoms with van der Waals surface area (Å²) in [6, 6.07) is 13.2. The van der Waals surface area contributed by atoms with Gasteiger partial charge in [0.2, 0.25) is 5.88 Å². The molecule has 2 N–H and O–H groups in total. The highest BCUT2D eigenvalue weighted by atomic mass is 16.5. The normalized spacial score (nSPS) is 10.9. The van der Waals surface area contributed by atoms with Crippen molar-refractivity contribution >= 4 is 27.7 Å². The van der Waals surface area contributed by atoms with E-state index in [2.05, 4.69) is 20.3 Å². The Balaban J connectivity index is 1.72. The highest BCUT2D eigenvalue weighted by Gasteiger charge is 2.11. The van der Waals surface area contributed by atoms with Gasteiger partial charge in [-0.3, -0.25) is 4.79 Å². The van der Waals surface area contributed by atoms with E-state index >= 15 is 0 Å². The minimum atomic E-state index is -0.0772. The average Bonchev–Trinajstić information content (AvgIpc) is 3.11. The van der Waals surface area contributed by atoms with Crippen molar-refractivity contribution in [1.29, 1.82) is 0 Å². The van der Waals surface area contributed by atoms with Crippen LogP contribution in [0.2, 0.25) is 0 Å². The number of aromatic amines is 1. The van der Waals surface area contributed by atoms with Crippen molar-refractivity contribution in [3.05, 3.63) is 60.6 Å². The van der Waals surface area contributed by atoms with Crippen LogP contribution in [0.1, 0.15) is 17.3 Å². The number of benzene rings is 2. The molecule has 25 heavy (non-hydrogen) atoms. The summed E-state index contributed by atoms with van der Waals surface area (Å²) in [7, 11) is 0. The first-order chi connectivity index (χ1) is 12.3. The molecular weight excluding hydrogens is 316 g/mol. The number of aromatic nitrogens is 3. The lowest BCUT2D eigenvalue weighted by atomic mass is 10.0. The van der Waals surface area contributed by atoms with Gasteiger partial charge in [0.05, 0.1) is 5.39 Å². The second-order valence-electron chi connectivity index (χ2n) is 5.57. The number of H-pyrrole nitrogens is 1. The molecule has 4 rings (SSSR count). The topological polar surface area (TPSA) is 79.9 Å². The maximum Gasteiger partial charge on any atom is 0.251 e. The molecular formula is C19H16N4O2. The molecule has 4 aromatic rings. The van der Waals surface area contributed by atoms with Gasteiger partial charge >= 0.3 is 0 Å². The zero-order chi connectivity index (χ0) is 17.2. The van der Waals surface area contributed by atoms with Crippen LogP contribution < -0.4 is 10.1 Å². The first kappa shape index (κ1) is 15.1. The fraction of sp³-hybridized carbons (Fsp3) is 0.105. The van der Waals surface area contributed by atoms with Crippen molar-refractivity contribution < 1.29 is 9.53 Å². The van der Waals surface area contributed by atoms with Crippen LogP contribution in [0.3, 0.4) is 0 Å². The Bertz CT molecular complexity index is 1070. The molecule has 2 aromatic carbocycles. The van der Waals surface area contributed by atoms with Gasteiger partial charge in [0.1, 0.15) is 17.7 Å². The molecule has 0 aliphatic rings. The van der Waals surface area contributed by atoms with Gasteiger partial charge in [0.25, 0.3) is 5.91 Å². The summed E-state index contributed by atoms with van der Waals surface area (Å²) in [5.41, 5.74) is 1.38. The number of hydrogen-bond acceptors (Lipinski definition) is 4. The number of nitrogens with zero attached hydrogens (tertiary/aromatic N) is 2. The molecule has 0 aliphatic heterocycles. The van der Waals surface area contributed by atoms with Crippen molar-refractivity contribution in [3.8, 4) is 11.6 Å². The van der Waals surface area contributed by atoms with Crippen molar-refractivity contribution in [1.82, 2.24) is 20.3 Å². The summed E-state index contributed by atoms with van der Waals surface area (Å²) in [4.78, 5) is 23.6. The number of carbonyl (C=O) groups is 1. The molecule has 6 heteroatoms. The van der Waals surface area contributed by atoms with Crippen LogP contribution >= 0.6 is 0 Å². The summed E-state index contributed by atoms with van der Waals surface area (Å²) in [5.74, 6) is 1.07. The summed E-state index contributed by atoms with van der Waals surface area (Å²) in [6.07, 6.45) is 3.26. The van der Waals surface area contributed by atoms with Crippen LogP contribution in [0, 0.1) is 0 Å². The SMILES string of the molecule is CCNC(=O)c1cccc2cc(Oc3ncnc4[nH]ccc34)ccc12. The zero-order valence-electron chi connectivity index (χ0n) is 13.6. The molecule has 0 bridgehead atoms. The number of amides is 1. The molecule has 2 heterocycles. The Morgan fingerprint density at radius 1 is 1.16 bits per heavy atom. The summed E-state index contributed by atoms with van der Waals surface area (Å²) in [6.45, 7) is 2.50. The van der Waals surface area contributed by atoms with Crippen LogP contribution in [0.4, 0.5) is 0 Å². The van der Waals surface area contributed by atoms with Crippen LogP contribution in [0.5, 0.6) is 11.6 Å². The van der Waals surface area contributed by atoms with E-state index in [0.717, 1.165) is 21.8 Å². The molecule has 0 aliphatic carbocycles. The first-order valence-electron chi connectivity index (χ1n) is 8.03. The average molecular weight is 332 g/mol. The van der Waals surface area contributed by atoms with Gasteiger partial charge in [0.15, 0.2) is 0 Å². The largest absolute Gasteiger partial charge is 0.438 e. The van der Waals surface area contributed by atoms with E-state index in [1.54, 1.807) is 6.20 Å². The number of hydrogen-bond donors (Lipinski definition) is 2. The van der Waals surface area contributed by atoms with E-state index in [4.69, 9.17) is 4.74 Å². The molecule has 0 radical (unpaired) electrons. The second kappa shape index (κ2) is 6.24. The fourth-order valence-corrected chi connectivity index (χ4v) is 2.82. The quantitative estimate of drug-likeness (QED) is 0.598. The lowest BCUT2D eigenvalue weighted by Crippen LogP contribution is -2.22. The van der Waals surface area contributed by atoms with Crippen molar-refractivity contribution in [2.75, 3.05) is 6.54 Å². The van der Waals surface area contributed by atoms with Gasteiger partial charge in [0, 0.05) is 18.3 Å². The van der Waals surface area contributed by atoms with Gasteiger partial charge in [-0.05, 0) is 48.0 Å². The van der Waals surface area contributed by atoms with Crippen molar-refractivity contribution in [3.63, 3.8) is 0 Å². The zero-order valence-corrected chi connectivity index (χ0v) is 13.6. The smallest absolute Gasteiger partial charge is 0.251 e. The Kier molecular flexibility index (Phi) is 3.78. The summed E-state index contributed by atoms with van der Waals surface area (Å²) < 4.78 is 5.93. The molecule has 0 spiro atoms. The third-order valence-electron chi connectivity index (χ3n) is 3.97. The highest BCUT2D eigenvalue weighted by Crippen LogP contribution is 2.29. The van der Waals surface area contributed by atoms with Gasteiger partial charge in [-0.15, -0.1) is 0 Å². The van der Waals surface area contributed by atoms with Crippen LogP contribution in [-0.4, -0.2) is 27.4 Å². The molecule has 0 saturated carbocycles. The Hall–Kier alpha value is -3.41. The fourth-order valence-electron chi connectivity index (χ4n) is 2.82. The number of fused-ring (bicyclic) bond motifs is 2. The molecule has 0 saturated heterocycles. The third-order valence-corrected chi connectivity index (χ3v) is 3.97. The number of nitrogens with one attached hydrogen (secondary N) is 2. The maximum atomic E-state index is 12.2.